The number of amides is 1. The van der Waals surface area contributed by atoms with Crippen molar-refractivity contribution in [2.45, 2.75) is 44.3 Å². The van der Waals surface area contributed by atoms with Crippen LogP contribution in [0, 0.1) is 5.92 Å². The van der Waals surface area contributed by atoms with Crippen LogP contribution in [-0.4, -0.2) is 43.0 Å². The van der Waals surface area contributed by atoms with Crippen LogP contribution < -0.4 is 5.32 Å². The molecule has 0 unspecified atom stereocenters. The van der Waals surface area contributed by atoms with Crippen LogP contribution in [0.3, 0.4) is 0 Å². The van der Waals surface area contributed by atoms with Crippen LogP contribution in [-0.2, 0) is 9.53 Å². The number of hydrogen-bond acceptors (Lipinski definition) is 3. The van der Waals surface area contributed by atoms with Gasteiger partial charge < -0.3 is 10.1 Å². The molecule has 1 fully saturated rings. The van der Waals surface area contributed by atoms with Gasteiger partial charge in [-0.1, -0.05) is 30.3 Å². The smallest absolute Gasteiger partial charge is 0.251 e. The fraction of sp³-hybridized carbons (Fsp3) is 0.550. The van der Waals surface area contributed by atoms with Crippen molar-refractivity contribution in [3.05, 3.63) is 48.2 Å². The lowest BCUT2D eigenvalue weighted by atomic mass is 10.0. The SMILES string of the molecule is O=C(CN(CC(F)F)C[C@@H]1CCC=CO1)N[C@@H](c1ccccc1)C1CC1. The molecule has 1 aromatic carbocycles. The summed E-state index contributed by atoms with van der Waals surface area (Å²) in [5.41, 5.74) is 1.07. The average Bonchev–Trinajstić information content (AvgIpc) is 3.45. The van der Waals surface area contributed by atoms with E-state index in [0.29, 0.717) is 12.5 Å². The summed E-state index contributed by atoms with van der Waals surface area (Å²) in [7, 11) is 0. The molecule has 0 saturated heterocycles. The highest BCUT2D eigenvalue weighted by molar-refractivity contribution is 5.78. The van der Waals surface area contributed by atoms with Gasteiger partial charge in [0.15, 0.2) is 0 Å². The summed E-state index contributed by atoms with van der Waals surface area (Å²) in [6.07, 6.45) is 4.75. The van der Waals surface area contributed by atoms with Crippen molar-refractivity contribution in [1.29, 1.82) is 0 Å². The summed E-state index contributed by atoms with van der Waals surface area (Å²) < 4.78 is 31.3. The predicted octanol–water partition coefficient (Wildman–Crippen LogP) is 3.51. The first-order chi connectivity index (χ1) is 12.6. The van der Waals surface area contributed by atoms with Crippen LogP contribution in [0.5, 0.6) is 0 Å². The van der Waals surface area contributed by atoms with E-state index in [4.69, 9.17) is 4.74 Å². The average molecular weight is 364 g/mol. The Morgan fingerprint density at radius 1 is 1.23 bits per heavy atom. The van der Waals surface area contributed by atoms with Gasteiger partial charge in [-0.25, -0.2) is 8.78 Å². The molecule has 2 atom stereocenters. The number of benzene rings is 1. The predicted molar refractivity (Wildman–Crippen MR) is 95.7 cm³/mol. The summed E-state index contributed by atoms with van der Waals surface area (Å²) in [5, 5.41) is 3.06. The normalized spacial score (nSPS) is 20.8. The highest BCUT2D eigenvalue weighted by Crippen LogP contribution is 2.40. The maximum absolute atomic E-state index is 12.9. The van der Waals surface area contributed by atoms with Gasteiger partial charge in [-0.3, -0.25) is 9.69 Å². The van der Waals surface area contributed by atoms with E-state index in [0.717, 1.165) is 31.2 Å². The van der Waals surface area contributed by atoms with Gasteiger partial charge in [0.25, 0.3) is 6.43 Å². The number of rotatable bonds is 9. The largest absolute Gasteiger partial charge is 0.497 e. The van der Waals surface area contributed by atoms with Crippen molar-refractivity contribution in [1.82, 2.24) is 10.2 Å². The minimum Gasteiger partial charge on any atom is -0.497 e. The monoisotopic (exact) mass is 364 g/mol. The molecular formula is C20H26F2N2O2. The van der Waals surface area contributed by atoms with Crippen LogP contribution in [0.1, 0.15) is 37.3 Å². The number of alkyl halides is 2. The molecule has 0 spiro atoms. The molecule has 1 aromatic rings. The zero-order valence-corrected chi connectivity index (χ0v) is 14.8. The maximum atomic E-state index is 12.9. The highest BCUT2D eigenvalue weighted by Gasteiger charge is 2.33. The van der Waals surface area contributed by atoms with Gasteiger partial charge in [-0.15, -0.1) is 0 Å². The third kappa shape index (κ3) is 5.80. The first-order valence-corrected chi connectivity index (χ1v) is 9.27. The van der Waals surface area contributed by atoms with Crippen LogP contribution in [0.25, 0.3) is 0 Å². The van der Waals surface area contributed by atoms with E-state index in [2.05, 4.69) is 5.32 Å². The Balaban J connectivity index is 1.58. The Morgan fingerprint density at radius 3 is 2.62 bits per heavy atom. The molecule has 1 N–H and O–H groups in total. The van der Waals surface area contributed by atoms with Crippen molar-refractivity contribution in [2.75, 3.05) is 19.6 Å². The summed E-state index contributed by atoms with van der Waals surface area (Å²) in [5.74, 6) is 0.231. The zero-order valence-electron chi connectivity index (χ0n) is 14.8. The third-order valence-electron chi connectivity index (χ3n) is 4.82. The van der Waals surface area contributed by atoms with Gasteiger partial charge in [0.05, 0.1) is 25.4 Å². The molecule has 142 valence electrons. The number of carbonyl (C=O) groups is 1. The molecule has 0 radical (unpaired) electrons. The van der Waals surface area contributed by atoms with Crippen molar-refractivity contribution in [3.8, 4) is 0 Å². The molecule has 3 rings (SSSR count). The summed E-state index contributed by atoms with van der Waals surface area (Å²) in [4.78, 5) is 14.0. The maximum Gasteiger partial charge on any atom is 0.251 e. The van der Waals surface area contributed by atoms with E-state index in [9.17, 15) is 13.6 Å². The second-order valence-corrected chi connectivity index (χ2v) is 7.09. The van der Waals surface area contributed by atoms with E-state index < -0.39 is 13.0 Å². The molecule has 0 aromatic heterocycles. The lowest BCUT2D eigenvalue weighted by molar-refractivity contribution is -0.124. The summed E-state index contributed by atoms with van der Waals surface area (Å²) in [6.45, 7) is -0.123. The van der Waals surface area contributed by atoms with Gasteiger partial charge in [0.2, 0.25) is 5.91 Å². The summed E-state index contributed by atoms with van der Waals surface area (Å²) >= 11 is 0. The zero-order chi connectivity index (χ0) is 18.4. The molecule has 1 heterocycles. The number of carbonyl (C=O) groups excluding carboxylic acids is 1. The molecular weight excluding hydrogens is 338 g/mol. The first kappa shape index (κ1) is 18.8. The topological polar surface area (TPSA) is 41.6 Å². The van der Waals surface area contributed by atoms with E-state index in [1.807, 2.05) is 36.4 Å². The van der Waals surface area contributed by atoms with Gasteiger partial charge in [-0.2, -0.15) is 0 Å². The van der Waals surface area contributed by atoms with Gasteiger partial charge in [-0.05, 0) is 43.2 Å². The minimum absolute atomic E-state index is 0.0361. The summed E-state index contributed by atoms with van der Waals surface area (Å²) in [6, 6.07) is 9.82. The van der Waals surface area contributed by atoms with E-state index in [-0.39, 0.29) is 24.6 Å². The van der Waals surface area contributed by atoms with E-state index in [1.165, 1.54) is 4.90 Å². The molecule has 6 heteroatoms. The Bertz CT molecular complexity index is 605. The van der Waals surface area contributed by atoms with Crippen molar-refractivity contribution in [3.63, 3.8) is 0 Å². The van der Waals surface area contributed by atoms with Crippen molar-refractivity contribution < 1.29 is 18.3 Å². The number of hydrogen-bond donors (Lipinski definition) is 1. The van der Waals surface area contributed by atoms with Gasteiger partial charge >= 0.3 is 0 Å². The minimum atomic E-state index is -2.48. The van der Waals surface area contributed by atoms with E-state index >= 15 is 0 Å². The second-order valence-electron chi connectivity index (χ2n) is 7.09. The lowest BCUT2D eigenvalue weighted by Crippen LogP contribution is -2.44. The molecule has 4 nitrogen and oxygen atoms in total. The molecule has 1 aliphatic carbocycles. The van der Waals surface area contributed by atoms with Crippen molar-refractivity contribution in [2.24, 2.45) is 5.92 Å². The lowest BCUT2D eigenvalue weighted by Gasteiger charge is -2.28. The number of nitrogens with zero attached hydrogens (tertiary/aromatic N) is 1. The number of ether oxygens (including phenoxy) is 1. The molecule has 0 bridgehead atoms. The van der Waals surface area contributed by atoms with Crippen LogP contribution >= 0.6 is 0 Å². The molecule has 1 amide bonds. The van der Waals surface area contributed by atoms with Gasteiger partial charge in [0.1, 0.15) is 6.10 Å². The standard InChI is InChI=1S/C20H26F2N2O2/c21-18(22)13-24(12-17-8-4-5-11-26-17)14-19(25)23-20(16-9-10-16)15-6-2-1-3-7-15/h1-3,5-7,11,16-18,20H,4,8-10,12-14H2,(H,23,25)/t17-,20-/m0/s1. The molecule has 1 saturated carbocycles. The molecule has 26 heavy (non-hydrogen) atoms. The number of allylic oxidation sites excluding steroid dienone is 1. The Labute approximate surface area is 153 Å². The van der Waals surface area contributed by atoms with Crippen LogP contribution in [0.2, 0.25) is 0 Å². The Morgan fingerprint density at radius 2 is 2.00 bits per heavy atom. The molecule has 2 aliphatic rings. The Hall–Kier alpha value is -1.95. The second kappa shape index (κ2) is 9.12. The first-order valence-electron chi connectivity index (χ1n) is 9.27. The number of halogens is 2. The molecule has 1 aliphatic heterocycles. The van der Waals surface area contributed by atoms with Crippen LogP contribution in [0.4, 0.5) is 8.78 Å². The fourth-order valence-corrected chi connectivity index (χ4v) is 3.39. The van der Waals surface area contributed by atoms with Crippen LogP contribution in [0.15, 0.2) is 42.7 Å². The van der Waals surface area contributed by atoms with E-state index in [1.54, 1.807) is 6.26 Å². The third-order valence-corrected chi connectivity index (χ3v) is 4.82. The van der Waals surface area contributed by atoms with Gasteiger partial charge in [0, 0.05) is 6.54 Å². The number of nitrogens with one attached hydrogen (secondary N) is 1. The quantitative estimate of drug-likeness (QED) is 0.729. The fourth-order valence-electron chi connectivity index (χ4n) is 3.39. The Kier molecular flexibility index (Phi) is 6.61. The highest BCUT2D eigenvalue weighted by atomic mass is 19.3. The van der Waals surface area contributed by atoms with Crippen molar-refractivity contribution >= 4 is 5.91 Å².